The van der Waals surface area contributed by atoms with Crippen LogP contribution in [0.15, 0.2) is 42.5 Å². The van der Waals surface area contributed by atoms with E-state index in [1.54, 1.807) is 0 Å². The second-order valence-corrected chi connectivity index (χ2v) is 9.91. The number of aromatic nitrogens is 1. The Morgan fingerprint density at radius 1 is 1.24 bits per heavy atom. The lowest BCUT2D eigenvalue weighted by Gasteiger charge is -2.32. The highest BCUT2D eigenvalue weighted by Gasteiger charge is 2.28. The minimum Gasteiger partial charge on any atom is -0.471 e. The van der Waals surface area contributed by atoms with Crippen LogP contribution in [0, 0.1) is 0 Å². The number of unbranched alkanes of at least 4 members (excludes halogenated alkanes) is 1. The summed E-state index contributed by atoms with van der Waals surface area (Å²) in [5, 5.41) is 6.20. The lowest BCUT2D eigenvalue weighted by atomic mass is 10.1. The highest BCUT2D eigenvalue weighted by atomic mass is 35.5. The SMILES string of the molecule is CCCCc1cc2ccccc2c(OCC[N+](C)(C)c2c(N)cc([C@H]3CNCCO3)cc2Cl)n1. The standard InChI is InChI=1S/C27H36ClN4O2/c1-4-5-9-21-15-19-8-6-7-10-22(19)27(31-21)34-14-12-32(2,3)26-23(28)16-20(17-24(26)29)25-18-30-11-13-33-25/h6-8,10,15-17,25,30H,4-5,9,11-14,18,29H2,1-3H3/q+1/t25-/m1/s1. The van der Waals surface area contributed by atoms with Crippen LogP contribution in [-0.4, -0.2) is 51.9 Å². The van der Waals surface area contributed by atoms with E-state index in [0.29, 0.717) is 40.8 Å². The van der Waals surface area contributed by atoms with E-state index < -0.39 is 0 Å². The molecule has 1 aliphatic rings. The van der Waals surface area contributed by atoms with Gasteiger partial charge in [0.2, 0.25) is 5.88 Å². The van der Waals surface area contributed by atoms with Crippen molar-refractivity contribution in [2.45, 2.75) is 32.3 Å². The van der Waals surface area contributed by atoms with Crippen molar-refractivity contribution < 1.29 is 9.47 Å². The average molecular weight is 484 g/mol. The number of fused-ring (bicyclic) bond motifs is 1. The largest absolute Gasteiger partial charge is 0.471 e. The van der Waals surface area contributed by atoms with Crippen LogP contribution >= 0.6 is 11.6 Å². The maximum absolute atomic E-state index is 6.76. The molecule has 1 fully saturated rings. The van der Waals surface area contributed by atoms with Gasteiger partial charge in [-0.05, 0) is 48.1 Å². The van der Waals surface area contributed by atoms with Crippen LogP contribution in [0.25, 0.3) is 10.8 Å². The second-order valence-electron chi connectivity index (χ2n) is 9.50. The molecule has 7 heteroatoms. The van der Waals surface area contributed by atoms with Crippen LogP contribution in [0.1, 0.15) is 37.1 Å². The smallest absolute Gasteiger partial charge is 0.221 e. The van der Waals surface area contributed by atoms with Crippen molar-refractivity contribution in [2.24, 2.45) is 0 Å². The quantitative estimate of drug-likeness (QED) is 0.326. The third-order valence-corrected chi connectivity index (χ3v) is 6.74. The van der Waals surface area contributed by atoms with Gasteiger partial charge in [0.15, 0.2) is 5.69 Å². The molecule has 3 aromatic rings. The molecule has 3 N–H and O–H groups in total. The van der Waals surface area contributed by atoms with E-state index in [4.69, 9.17) is 31.8 Å². The Morgan fingerprint density at radius 2 is 2.06 bits per heavy atom. The van der Waals surface area contributed by atoms with Crippen LogP contribution in [0.4, 0.5) is 11.4 Å². The van der Waals surface area contributed by atoms with Crippen LogP contribution in [-0.2, 0) is 11.2 Å². The summed E-state index contributed by atoms with van der Waals surface area (Å²) in [4.78, 5) is 4.83. The molecule has 0 spiro atoms. The van der Waals surface area contributed by atoms with E-state index in [1.165, 1.54) is 0 Å². The molecule has 1 atom stereocenters. The van der Waals surface area contributed by atoms with Gasteiger partial charge in [0.25, 0.3) is 0 Å². The Balaban J connectivity index is 1.50. The van der Waals surface area contributed by atoms with Gasteiger partial charge in [-0.25, -0.2) is 4.98 Å². The first-order valence-corrected chi connectivity index (χ1v) is 12.5. The van der Waals surface area contributed by atoms with Crippen LogP contribution in [0.5, 0.6) is 5.88 Å². The van der Waals surface area contributed by atoms with E-state index in [-0.39, 0.29) is 6.10 Å². The first-order chi connectivity index (χ1) is 16.4. The van der Waals surface area contributed by atoms with Gasteiger partial charge < -0.3 is 20.5 Å². The molecule has 1 saturated heterocycles. The van der Waals surface area contributed by atoms with E-state index in [0.717, 1.165) is 60.1 Å². The summed E-state index contributed by atoms with van der Waals surface area (Å²) in [6.45, 7) is 5.70. The number of anilines is 1. The van der Waals surface area contributed by atoms with Crippen LogP contribution in [0.2, 0.25) is 5.02 Å². The number of morpholine rings is 1. The predicted molar refractivity (Wildman–Crippen MR) is 142 cm³/mol. The zero-order chi connectivity index (χ0) is 24.1. The van der Waals surface area contributed by atoms with Gasteiger partial charge in [0.05, 0.1) is 32.5 Å². The van der Waals surface area contributed by atoms with E-state index in [2.05, 4.69) is 50.6 Å². The van der Waals surface area contributed by atoms with Crippen molar-refractivity contribution in [1.29, 1.82) is 0 Å². The van der Waals surface area contributed by atoms with Crippen LogP contribution < -0.4 is 20.3 Å². The average Bonchev–Trinajstić information content (AvgIpc) is 2.82. The molecular formula is C27H36ClN4O2+. The highest BCUT2D eigenvalue weighted by molar-refractivity contribution is 6.33. The minimum atomic E-state index is -0.0270. The summed E-state index contributed by atoms with van der Waals surface area (Å²) in [5.74, 6) is 0.695. The third-order valence-electron chi connectivity index (χ3n) is 6.45. The number of likely N-dealkylation sites (N-methyl/N-ethyl adjacent to an activating group) is 1. The fourth-order valence-corrected chi connectivity index (χ4v) is 5.01. The number of nitrogens with zero attached hydrogens (tertiary/aromatic N) is 2. The summed E-state index contributed by atoms with van der Waals surface area (Å²) in [6.07, 6.45) is 3.18. The fraction of sp³-hybridized carbons (Fsp3) is 0.444. The summed E-state index contributed by atoms with van der Waals surface area (Å²) in [5.41, 5.74) is 10.2. The van der Waals surface area contributed by atoms with Gasteiger partial charge in [-0.3, -0.25) is 4.48 Å². The number of nitrogens with one attached hydrogen (secondary N) is 1. The molecule has 0 radical (unpaired) electrons. The molecule has 0 amide bonds. The first-order valence-electron chi connectivity index (χ1n) is 12.2. The number of benzene rings is 2. The number of hydrogen-bond donors (Lipinski definition) is 2. The monoisotopic (exact) mass is 483 g/mol. The van der Waals surface area contributed by atoms with Gasteiger partial charge in [-0.15, -0.1) is 0 Å². The molecule has 2 heterocycles. The number of ether oxygens (including phenoxy) is 2. The Kier molecular flexibility index (Phi) is 7.94. The zero-order valence-corrected chi connectivity index (χ0v) is 21.2. The highest BCUT2D eigenvalue weighted by Crippen LogP contribution is 2.38. The molecule has 0 saturated carbocycles. The van der Waals surface area contributed by atoms with Crippen molar-refractivity contribution in [3.8, 4) is 5.88 Å². The van der Waals surface area contributed by atoms with Crippen molar-refractivity contribution in [2.75, 3.05) is 52.7 Å². The maximum atomic E-state index is 6.76. The maximum Gasteiger partial charge on any atom is 0.221 e. The number of halogens is 1. The normalized spacial score (nSPS) is 16.6. The van der Waals surface area contributed by atoms with E-state index in [1.807, 2.05) is 18.2 Å². The van der Waals surface area contributed by atoms with Gasteiger partial charge in [-0.2, -0.15) is 0 Å². The Bertz CT molecular complexity index is 1110. The van der Waals surface area contributed by atoms with Gasteiger partial charge in [0, 0.05) is 24.2 Å². The molecule has 0 aliphatic carbocycles. The number of rotatable bonds is 9. The minimum absolute atomic E-state index is 0.0270. The van der Waals surface area contributed by atoms with Crippen LogP contribution in [0.3, 0.4) is 0 Å². The van der Waals surface area contributed by atoms with Crippen molar-refractivity contribution >= 4 is 33.7 Å². The molecule has 1 aromatic heterocycles. The number of nitrogens with two attached hydrogens (primary N) is 1. The molecule has 4 rings (SSSR count). The number of pyridine rings is 1. The van der Waals surface area contributed by atoms with E-state index in [9.17, 15) is 0 Å². The summed E-state index contributed by atoms with van der Waals surface area (Å²) < 4.78 is 12.6. The predicted octanol–water partition coefficient (Wildman–Crippen LogP) is 5.12. The summed E-state index contributed by atoms with van der Waals surface area (Å²) in [7, 11) is 4.20. The summed E-state index contributed by atoms with van der Waals surface area (Å²) in [6, 6.07) is 14.4. The molecular weight excluding hydrogens is 448 g/mol. The number of aryl methyl sites for hydroxylation is 1. The topological polar surface area (TPSA) is 69.4 Å². The Labute approximate surface area is 207 Å². The fourth-order valence-electron chi connectivity index (χ4n) is 4.54. The van der Waals surface area contributed by atoms with Gasteiger partial charge in [-0.1, -0.05) is 43.1 Å². The van der Waals surface area contributed by atoms with Crippen molar-refractivity contribution in [1.82, 2.24) is 14.8 Å². The zero-order valence-electron chi connectivity index (χ0n) is 20.4. The number of nitrogen functional groups attached to an aromatic ring is 1. The molecule has 2 aromatic carbocycles. The molecule has 0 bridgehead atoms. The lowest BCUT2D eigenvalue weighted by Crippen LogP contribution is -2.44. The number of quaternary nitrogens is 1. The second kappa shape index (κ2) is 10.9. The third kappa shape index (κ3) is 5.63. The molecule has 34 heavy (non-hydrogen) atoms. The van der Waals surface area contributed by atoms with Gasteiger partial charge >= 0.3 is 0 Å². The first kappa shape index (κ1) is 24.7. The molecule has 1 aliphatic heterocycles. The Hall–Kier alpha value is -2.38. The molecule has 182 valence electrons. The molecule has 6 nitrogen and oxygen atoms in total. The van der Waals surface area contributed by atoms with Crippen molar-refractivity contribution in [3.05, 3.63) is 58.7 Å². The summed E-state index contributed by atoms with van der Waals surface area (Å²) >= 11 is 6.76. The van der Waals surface area contributed by atoms with Gasteiger partial charge in [0.1, 0.15) is 18.2 Å². The lowest BCUT2D eigenvalue weighted by molar-refractivity contribution is 0.0277. The number of hydrogen-bond acceptors (Lipinski definition) is 5. The van der Waals surface area contributed by atoms with E-state index >= 15 is 0 Å². The molecule has 0 unspecified atom stereocenters. The Morgan fingerprint density at radius 3 is 2.79 bits per heavy atom. The van der Waals surface area contributed by atoms with Crippen molar-refractivity contribution in [3.63, 3.8) is 0 Å².